The molecule has 0 unspecified atom stereocenters. The molecule has 1 aliphatic heterocycles. The van der Waals surface area contributed by atoms with E-state index in [2.05, 4.69) is 4.98 Å². The average Bonchev–Trinajstić information content (AvgIpc) is 2.69. The van der Waals surface area contributed by atoms with Crippen molar-refractivity contribution in [1.82, 2.24) is 4.98 Å². The third-order valence-corrected chi connectivity index (χ3v) is 4.58. The second-order valence-corrected chi connectivity index (χ2v) is 6.39. The van der Waals surface area contributed by atoms with E-state index in [0.717, 1.165) is 0 Å². The van der Waals surface area contributed by atoms with E-state index in [9.17, 15) is 26.7 Å². The summed E-state index contributed by atoms with van der Waals surface area (Å²) < 4.78 is 71.9. The van der Waals surface area contributed by atoms with Crippen LogP contribution in [0.4, 0.5) is 27.8 Å². The number of ether oxygens (including phenoxy) is 1. The Bertz CT molecular complexity index is 694. The molecule has 0 radical (unpaired) electrons. The molecule has 2 heterocycles. The van der Waals surface area contributed by atoms with Gasteiger partial charge < -0.3 is 9.64 Å². The third kappa shape index (κ3) is 4.36. The zero-order chi connectivity index (χ0) is 19.7. The third-order valence-electron chi connectivity index (χ3n) is 4.12. The lowest BCUT2D eigenvalue weighted by molar-refractivity contribution is -0.141. The number of carbonyl (C=O) groups is 1. The number of aromatic nitrogens is 1. The van der Waals surface area contributed by atoms with Crippen molar-refractivity contribution in [3.63, 3.8) is 0 Å². The van der Waals surface area contributed by atoms with Gasteiger partial charge in [0.1, 0.15) is 11.4 Å². The van der Waals surface area contributed by atoms with Crippen molar-refractivity contribution in [3.8, 4) is 0 Å². The first kappa shape index (κ1) is 20.7. The first-order chi connectivity index (χ1) is 12.0. The van der Waals surface area contributed by atoms with Crippen LogP contribution in [0.5, 0.6) is 0 Å². The van der Waals surface area contributed by atoms with Gasteiger partial charge in [0, 0.05) is 25.9 Å². The molecule has 0 saturated carbocycles. The summed E-state index contributed by atoms with van der Waals surface area (Å²) in [5, 5.41) is -0.704. The van der Waals surface area contributed by atoms with Crippen LogP contribution in [-0.2, 0) is 10.9 Å². The molecule has 1 aliphatic rings. The second-order valence-electron chi connectivity index (χ2n) is 6.01. The van der Waals surface area contributed by atoms with Crippen LogP contribution in [0, 0.1) is 6.92 Å². The lowest BCUT2D eigenvalue weighted by atomic mass is 10.1. The number of nitrogens with zero attached hydrogens (tertiary/aromatic N) is 2. The summed E-state index contributed by atoms with van der Waals surface area (Å²) in [4.78, 5) is 17.1. The quantitative estimate of drug-likeness (QED) is 0.536. The maximum Gasteiger partial charge on any atom is 0.434 e. The number of carbonyl (C=O) groups excluding carboxylic acids is 1. The van der Waals surface area contributed by atoms with Gasteiger partial charge in [-0.05, 0) is 25.8 Å². The zero-order valence-corrected chi connectivity index (χ0v) is 15.0. The maximum absolute atomic E-state index is 13.6. The molecule has 0 amide bonds. The normalized spacial score (nSPS) is 17.8. The predicted octanol–water partition coefficient (Wildman–Crippen LogP) is 4.86. The molecule has 146 valence electrons. The van der Waals surface area contributed by atoms with E-state index in [-0.39, 0.29) is 49.5 Å². The molecule has 1 aromatic heterocycles. The molecule has 0 atom stereocenters. The van der Waals surface area contributed by atoms with E-state index in [1.54, 1.807) is 6.92 Å². The summed E-state index contributed by atoms with van der Waals surface area (Å²) in [7, 11) is 0. The first-order valence-corrected chi connectivity index (χ1v) is 8.43. The number of alkyl halides is 5. The fraction of sp³-hybridized carbons (Fsp3) is 0.625. The van der Waals surface area contributed by atoms with Crippen LogP contribution in [0.2, 0.25) is 5.02 Å². The molecule has 10 heteroatoms. The lowest BCUT2D eigenvalue weighted by Gasteiger charge is -2.26. The number of hydrogen-bond acceptors (Lipinski definition) is 4. The Kier molecular flexibility index (Phi) is 5.99. The molecule has 0 aliphatic carbocycles. The van der Waals surface area contributed by atoms with Crippen molar-refractivity contribution in [2.75, 3.05) is 24.6 Å². The molecule has 0 bridgehead atoms. The molecule has 1 fully saturated rings. The fourth-order valence-corrected chi connectivity index (χ4v) is 3.05. The summed E-state index contributed by atoms with van der Waals surface area (Å²) in [6.07, 6.45) is -5.71. The SMILES string of the molecule is CCOC(=O)c1c(N2CCCC(F)(F)CC2)nc(C(F)(F)F)c(Cl)c1C. The monoisotopic (exact) mass is 400 g/mol. The smallest absolute Gasteiger partial charge is 0.434 e. The van der Waals surface area contributed by atoms with Gasteiger partial charge in [-0.1, -0.05) is 11.6 Å². The van der Waals surface area contributed by atoms with Crippen LogP contribution >= 0.6 is 11.6 Å². The Morgan fingerprint density at radius 2 is 1.96 bits per heavy atom. The van der Waals surface area contributed by atoms with Gasteiger partial charge in [-0.15, -0.1) is 0 Å². The summed E-state index contributed by atoms with van der Waals surface area (Å²) in [5.41, 5.74) is -1.72. The fourth-order valence-electron chi connectivity index (χ4n) is 2.81. The number of pyridine rings is 1. The topological polar surface area (TPSA) is 42.4 Å². The molecule has 0 N–H and O–H groups in total. The number of rotatable bonds is 3. The van der Waals surface area contributed by atoms with Crippen molar-refractivity contribution in [2.24, 2.45) is 0 Å². The molecule has 2 rings (SSSR count). The second kappa shape index (κ2) is 7.54. The Morgan fingerprint density at radius 3 is 2.54 bits per heavy atom. The number of hydrogen-bond donors (Lipinski definition) is 0. The molecular formula is C16H18ClF5N2O2. The minimum Gasteiger partial charge on any atom is -0.462 e. The van der Waals surface area contributed by atoms with Gasteiger partial charge in [0.25, 0.3) is 0 Å². The summed E-state index contributed by atoms with van der Waals surface area (Å²) in [6, 6.07) is 0. The first-order valence-electron chi connectivity index (χ1n) is 8.05. The number of esters is 1. The van der Waals surface area contributed by atoms with Gasteiger partial charge in [0.2, 0.25) is 5.92 Å². The van der Waals surface area contributed by atoms with Crippen molar-refractivity contribution in [1.29, 1.82) is 0 Å². The van der Waals surface area contributed by atoms with Crippen LogP contribution in [0.25, 0.3) is 0 Å². The van der Waals surface area contributed by atoms with Gasteiger partial charge in [0.15, 0.2) is 5.69 Å². The summed E-state index contributed by atoms with van der Waals surface area (Å²) >= 11 is 5.79. The van der Waals surface area contributed by atoms with E-state index in [1.165, 1.54) is 11.8 Å². The molecule has 1 saturated heterocycles. The minimum absolute atomic E-state index is 0.00553. The van der Waals surface area contributed by atoms with Crippen molar-refractivity contribution in [2.45, 2.75) is 45.2 Å². The summed E-state index contributed by atoms with van der Waals surface area (Å²) in [6.45, 7) is 2.60. The minimum atomic E-state index is -4.85. The van der Waals surface area contributed by atoms with E-state index >= 15 is 0 Å². The molecule has 4 nitrogen and oxygen atoms in total. The molecule has 26 heavy (non-hydrogen) atoms. The van der Waals surface area contributed by atoms with Crippen molar-refractivity contribution >= 4 is 23.4 Å². The molecule has 0 spiro atoms. The maximum atomic E-state index is 13.6. The number of halogens is 6. The Hall–Kier alpha value is -1.64. The highest BCUT2D eigenvalue weighted by atomic mass is 35.5. The van der Waals surface area contributed by atoms with Crippen LogP contribution < -0.4 is 4.90 Å². The Morgan fingerprint density at radius 1 is 1.31 bits per heavy atom. The standard InChI is InChI=1S/C16H18ClF5N2O2/c1-3-26-14(25)10-9(2)11(17)12(16(20,21)22)23-13(10)24-7-4-5-15(18,19)6-8-24/h3-8H2,1-2H3. The summed E-state index contributed by atoms with van der Waals surface area (Å²) in [5.74, 6) is -4.12. The van der Waals surface area contributed by atoms with Gasteiger partial charge >= 0.3 is 12.1 Å². The highest BCUT2D eigenvalue weighted by Crippen LogP contribution is 2.40. The van der Waals surface area contributed by atoms with E-state index in [0.29, 0.717) is 0 Å². The van der Waals surface area contributed by atoms with Crippen molar-refractivity contribution < 1.29 is 31.5 Å². The van der Waals surface area contributed by atoms with E-state index in [4.69, 9.17) is 16.3 Å². The molecular weight excluding hydrogens is 383 g/mol. The van der Waals surface area contributed by atoms with Crippen LogP contribution in [0.15, 0.2) is 0 Å². The van der Waals surface area contributed by atoms with Crippen LogP contribution in [0.3, 0.4) is 0 Å². The average molecular weight is 401 g/mol. The van der Waals surface area contributed by atoms with E-state index < -0.39 is 35.2 Å². The largest absolute Gasteiger partial charge is 0.462 e. The highest BCUT2D eigenvalue weighted by Gasteiger charge is 2.40. The van der Waals surface area contributed by atoms with Gasteiger partial charge in [-0.25, -0.2) is 18.6 Å². The Labute approximate surface area is 152 Å². The Balaban J connectivity index is 2.60. The van der Waals surface area contributed by atoms with Gasteiger partial charge in [0.05, 0.1) is 11.6 Å². The highest BCUT2D eigenvalue weighted by molar-refractivity contribution is 6.32. The lowest BCUT2D eigenvalue weighted by Crippen LogP contribution is -2.30. The van der Waals surface area contributed by atoms with Gasteiger partial charge in [-0.2, -0.15) is 13.2 Å². The zero-order valence-electron chi connectivity index (χ0n) is 14.2. The molecule has 0 aromatic carbocycles. The van der Waals surface area contributed by atoms with Gasteiger partial charge in [-0.3, -0.25) is 0 Å². The van der Waals surface area contributed by atoms with Crippen LogP contribution in [-0.4, -0.2) is 36.6 Å². The predicted molar refractivity (Wildman–Crippen MR) is 86.0 cm³/mol. The van der Waals surface area contributed by atoms with E-state index in [1.807, 2.05) is 0 Å². The number of anilines is 1. The molecule has 1 aromatic rings. The van der Waals surface area contributed by atoms with Crippen molar-refractivity contribution in [3.05, 3.63) is 21.8 Å². The van der Waals surface area contributed by atoms with Crippen LogP contribution in [0.1, 0.15) is 47.8 Å².